The third-order valence-corrected chi connectivity index (χ3v) is 1.55. The van der Waals surface area contributed by atoms with Crippen LogP contribution in [0.1, 0.15) is 13.8 Å². The van der Waals surface area contributed by atoms with Gasteiger partial charge in [0, 0.05) is 12.5 Å². The van der Waals surface area contributed by atoms with Crippen LogP contribution in [0, 0.1) is 5.92 Å². The van der Waals surface area contributed by atoms with Crippen molar-refractivity contribution in [3.05, 3.63) is 0 Å². The van der Waals surface area contributed by atoms with Crippen molar-refractivity contribution in [2.24, 2.45) is 11.8 Å². The number of Topliss-reactive ketones (excluding diaryl/α,β-unsaturated/α-hetero) is 1. The van der Waals surface area contributed by atoms with Crippen molar-refractivity contribution in [2.75, 3.05) is 6.54 Å². The molecule has 0 aromatic heterocycles. The van der Waals surface area contributed by atoms with E-state index in [4.69, 9.17) is 10.9 Å². The van der Waals surface area contributed by atoms with Crippen LogP contribution in [-0.2, 0) is 4.79 Å². The molecule has 0 bridgehead atoms. The molecule has 0 heterocycles. The van der Waals surface area contributed by atoms with E-state index in [2.05, 4.69) is 5.43 Å². The second kappa shape index (κ2) is 5.21. The number of hydrogen-bond donors (Lipinski definition) is 4. The van der Waals surface area contributed by atoms with E-state index in [9.17, 15) is 9.90 Å². The molecule has 12 heavy (non-hydrogen) atoms. The van der Waals surface area contributed by atoms with E-state index in [-0.39, 0.29) is 18.2 Å². The number of aliphatic hydroxyl groups excluding tert-OH is 2. The van der Waals surface area contributed by atoms with Crippen molar-refractivity contribution in [1.29, 1.82) is 0 Å². The molecule has 0 amide bonds. The molecule has 0 radical (unpaired) electrons. The molecule has 5 heteroatoms. The average molecular weight is 176 g/mol. The molecule has 72 valence electrons. The van der Waals surface area contributed by atoms with Crippen molar-refractivity contribution < 1.29 is 15.0 Å². The Morgan fingerprint density at radius 3 is 2.33 bits per heavy atom. The Morgan fingerprint density at radius 1 is 1.50 bits per heavy atom. The van der Waals surface area contributed by atoms with Crippen LogP contribution in [0.25, 0.3) is 0 Å². The number of carbonyl (C=O) groups excluding carboxylic acids is 1. The maximum Gasteiger partial charge on any atom is 0.166 e. The van der Waals surface area contributed by atoms with Gasteiger partial charge in [0.1, 0.15) is 12.2 Å². The van der Waals surface area contributed by atoms with Gasteiger partial charge in [-0.15, -0.1) is 0 Å². The molecular formula is C7H16N2O3. The van der Waals surface area contributed by atoms with Gasteiger partial charge in [-0.1, -0.05) is 13.8 Å². The first-order valence-electron chi connectivity index (χ1n) is 3.84. The number of aliphatic hydroxyl groups is 2. The van der Waals surface area contributed by atoms with Crippen LogP contribution < -0.4 is 11.3 Å². The molecule has 0 spiro atoms. The summed E-state index contributed by atoms with van der Waals surface area (Å²) in [5.41, 5.74) is 2.18. The van der Waals surface area contributed by atoms with E-state index in [0.717, 1.165) is 0 Å². The molecule has 0 aliphatic heterocycles. The van der Waals surface area contributed by atoms with E-state index in [1.54, 1.807) is 13.8 Å². The first-order valence-corrected chi connectivity index (χ1v) is 3.84. The Labute approximate surface area is 71.5 Å². The van der Waals surface area contributed by atoms with Crippen molar-refractivity contribution in [2.45, 2.75) is 26.1 Å². The van der Waals surface area contributed by atoms with E-state index in [1.165, 1.54) is 0 Å². The van der Waals surface area contributed by atoms with E-state index in [0.29, 0.717) is 0 Å². The third-order valence-electron chi connectivity index (χ3n) is 1.55. The Morgan fingerprint density at radius 2 is 2.00 bits per heavy atom. The number of nitrogens with one attached hydrogen (secondary N) is 1. The summed E-state index contributed by atoms with van der Waals surface area (Å²) in [6, 6.07) is 0. The Kier molecular flexibility index (Phi) is 5.00. The summed E-state index contributed by atoms with van der Waals surface area (Å²) in [6.07, 6.45) is -2.48. The van der Waals surface area contributed by atoms with Crippen LogP contribution in [-0.4, -0.2) is 34.7 Å². The number of nitrogens with two attached hydrogens (primary N) is 1. The normalized spacial score (nSPS) is 16.2. The lowest BCUT2D eigenvalue weighted by atomic mass is 10.0. The molecule has 0 saturated heterocycles. The van der Waals surface area contributed by atoms with E-state index >= 15 is 0 Å². The van der Waals surface area contributed by atoms with Gasteiger partial charge < -0.3 is 10.2 Å². The summed E-state index contributed by atoms with van der Waals surface area (Å²) in [6.45, 7) is 3.32. The molecule has 1 unspecified atom stereocenters. The van der Waals surface area contributed by atoms with E-state index in [1.807, 2.05) is 0 Å². The smallest absolute Gasteiger partial charge is 0.166 e. The molecule has 5 N–H and O–H groups in total. The SMILES string of the molecule is CC(C)C(=O)[C@@H](O)C(O)CNN. The van der Waals surface area contributed by atoms with Gasteiger partial charge in [0.2, 0.25) is 0 Å². The third kappa shape index (κ3) is 3.27. The summed E-state index contributed by atoms with van der Waals surface area (Å²) < 4.78 is 0. The van der Waals surface area contributed by atoms with Gasteiger partial charge in [-0.25, -0.2) is 0 Å². The number of rotatable bonds is 5. The highest BCUT2D eigenvalue weighted by Gasteiger charge is 2.25. The van der Waals surface area contributed by atoms with Crippen molar-refractivity contribution in [3.8, 4) is 0 Å². The highest BCUT2D eigenvalue weighted by molar-refractivity contribution is 5.85. The van der Waals surface area contributed by atoms with Crippen LogP contribution in [0.2, 0.25) is 0 Å². The molecule has 2 atom stereocenters. The zero-order valence-corrected chi connectivity index (χ0v) is 7.32. The summed E-state index contributed by atoms with van der Waals surface area (Å²) in [7, 11) is 0. The maximum absolute atomic E-state index is 11.1. The lowest BCUT2D eigenvalue weighted by Crippen LogP contribution is -2.44. The zero-order valence-electron chi connectivity index (χ0n) is 7.32. The summed E-state index contributed by atoms with van der Waals surface area (Å²) in [5.74, 6) is 4.25. The molecular weight excluding hydrogens is 160 g/mol. The van der Waals surface area contributed by atoms with Gasteiger partial charge in [-0.3, -0.25) is 16.1 Å². The van der Waals surface area contributed by atoms with Gasteiger partial charge in [0.15, 0.2) is 5.78 Å². The van der Waals surface area contributed by atoms with Crippen LogP contribution >= 0.6 is 0 Å². The second-order valence-corrected chi connectivity index (χ2v) is 2.98. The fourth-order valence-electron chi connectivity index (χ4n) is 0.764. The molecule has 0 aromatic carbocycles. The molecule has 0 saturated carbocycles. The molecule has 5 nitrogen and oxygen atoms in total. The topological polar surface area (TPSA) is 95.6 Å². The second-order valence-electron chi connectivity index (χ2n) is 2.98. The van der Waals surface area contributed by atoms with Gasteiger partial charge >= 0.3 is 0 Å². The number of carbonyl (C=O) groups is 1. The van der Waals surface area contributed by atoms with Crippen LogP contribution in [0.5, 0.6) is 0 Å². The molecule has 0 rings (SSSR count). The minimum atomic E-state index is -1.35. The number of ketones is 1. The molecule has 0 aromatic rings. The zero-order chi connectivity index (χ0) is 9.72. The van der Waals surface area contributed by atoms with Crippen LogP contribution in [0.3, 0.4) is 0 Å². The first kappa shape index (κ1) is 11.5. The first-order chi connectivity index (χ1) is 5.50. The lowest BCUT2D eigenvalue weighted by molar-refractivity contribution is -0.135. The van der Waals surface area contributed by atoms with Gasteiger partial charge in [0.25, 0.3) is 0 Å². The Hall–Kier alpha value is -0.490. The molecule has 0 aliphatic carbocycles. The van der Waals surface area contributed by atoms with Crippen molar-refractivity contribution >= 4 is 5.78 Å². The fourth-order valence-corrected chi connectivity index (χ4v) is 0.764. The quantitative estimate of drug-likeness (QED) is 0.299. The fraction of sp³-hybridized carbons (Fsp3) is 0.857. The van der Waals surface area contributed by atoms with Crippen LogP contribution in [0.4, 0.5) is 0 Å². The summed E-state index contributed by atoms with van der Waals surface area (Å²) >= 11 is 0. The highest BCUT2D eigenvalue weighted by atomic mass is 16.3. The molecule has 0 fully saturated rings. The minimum absolute atomic E-state index is 0.000370. The largest absolute Gasteiger partial charge is 0.389 e. The minimum Gasteiger partial charge on any atom is -0.389 e. The number of hydrogen-bond acceptors (Lipinski definition) is 5. The van der Waals surface area contributed by atoms with Crippen molar-refractivity contribution in [1.82, 2.24) is 5.43 Å². The predicted octanol–water partition coefficient (Wildman–Crippen LogP) is -1.60. The summed E-state index contributed by atoms with van der Waals surface area (Å²) in [4.78, 5) is 11.1. The van der Waals surface area contributed by atoms with Gasteiger partial charge in [-0.2, -0.15) is 0 Å². The summed E-state index contributed by atoms with van der Waals surface area (Å²) in [5, 5.41) is 18.3. The van der Waals surface area contributed by atoms with Gasteiger partial charge in [0.05, 0.1) is 0 Å². The Balaban J connectivity index is 4.00. The standard InChI is InChI=1S/C7H16N2O3/c1-4(2)6(11)7(12)5(10)3-9-8/h4-5,7,9-10,12H,3,8H2,1-2H3/t5?,7-/m0/s1. The molecule has 0 aliphatic rings. The lowest BCUT2D eigenvalue weighted by Gasteiger charge is -2.17. The predicted molar refractivity (Wildman–Crippen MR) is 44.0 cm³/mol. The number of hydrazine groups is 1. The maximum atomic E-state index is 11.1. The monoisotopic (exact) mass is 176 g/mol. The average Bonchev–Trinajstić information content (AvgIpc) is 2.02. The van der Waals surface area contributed by atoms with Gasteiger partial charge in [-0.05, 0) is 0 Å². The van der Waals surface area contributed by atoms with Crippen molar-refractivity contribution in [3.63, 3.8) is 0 Å². The van der Waals surface area contributed by atoms with Crippen LogP contribution in [0.15, 0.2) is 0 Å². The Bertz CT molecular complexity index is 150. The van der Waals surface area contributed by atoms with E-state index < -0.39 is 12.2 Å². The highest BCUT2D eigenvalue weighted by Crippen LogP contribution is 2.03.